The van der Waals surface area contributed by atoms with Crippen molar-refractivity contribution in [2.45, 2.75) is 6.18 Å². The zero-order valence-corrected chi connectivity index (χ0v) is 13.0. The van der Waals surface area contributed by atoms with Crippen LogP contribution in [0, 0.1) is 0 Å². The van der Waals surface area contributed by atoms with E-state index in [1.807, 2.05) is 6.07 Å². The van der Waals surface area contributed by atoms with E-state index >= 15 is 0 Å². The number of rotatable bonds is 1. The van der Waals surface area contributed by atoms with E-state index in [9.17, 15) is 18.0 Å². The molecule has 0 aliphatic heterocycles. The largest absolute Gasteiger partial charge is 0.497 e. The van der Waals surface area contributed by atoms with Crippen LogP contribution in [-0.4, -0.2) is 7.11 Å². The molecule has 0 aliphatic carbocycles. The topological polar surface area (TPSA) is 39.4 Å². The molecule has 1 heterocycles. The zero-order valence-electron chi connectivity index (χ0n) is 13.0. The molecule has 3 aromatic carbocycles. The minimum Gasteiger partial charge on any atom is -0.497 e. The highest BCUT2D eigenvalue weighted by Gasteiger charge is 2.31. The van der Waals surface area contributed by atoms with Crippen LogP contribution in [0.25, 0.3) is 32.7 Å². The molecule has 25 heavy (non-hydrogen) atoms. The first-order valence-electron chi connectivity index (χ1n) is 7.42. The fourth-order valence-corrected chi connectivity index (χ4v) is 2.88. The van der Waals surface area contributed by atoms with Crippen LogP contribution in [0.2, 0.25) is 0 Å². The number of ether oxygens (including phenoxy) is 1. The Morgan fingerprint density at radius 3 is 2.36 bits per heavy atom. The summed E-state index contributed by atoms with van der Waals surface area (Å²) in [5.41, 5.74) is -0.922. The van der Waals surface area contributed by atoms with Gasteiger partial charge in [0.1, 0.15) is 16.9 Å². The van der Waals surface area contributed by atoms with Crippen molar-refractivity contribution in [3.05, 3.63) is 64.3 Å². The Hall–Kier alpha value is -3.02. The first-order chi connectivity index (χ1) is 11.9. The monoisotopic (exact) mass is 344 g/mol. The highest BCUT2D eigenvalue weighted by Crippen LogP contribution is 2.32. The molecule has 4 aromatic rings. The Bertz CT molecular complexity index is 1190. The summed E-state index contributed by atoms with van der Waals surface area (Å²) < 4.78 is 49.5. The third-order valence-electron chi connectivity index (χ3n) is 4.16. The summed E-state index contributed by atoms with van der Waals surface area (Å²) in [5, 5.41) is 1.71. The molecule has 0 spiro atoms. The molecule has 126 valence electrons. The Balaban J connectivity index is 2.08. The molecule has 6 heteroatoms. The first-order valence-corrected chi connectivity index (χ1v) is 7.42. The summed E-state index contributed by atoms with van der Waals surface area (Å²) in [6.07, 6.45) is -4.52. The maximum Gasteiger partial charge on any atom is 0.416 e. The zero-order chi connectivity index (χ0) is 17.8. The molecule has 0 amide bonds. The standard InChI is InChI=1S/C19H11F3O3/c1-24-13-4-2-10-8-17-14(7-11(10)6-13)18(23)15-9-12(19(20,21)22)3-5-16(15)25-17/h2-9H,1H3. The van der Waals surface area contributed by atoms with Gasteiger partial charge in [-0.05, 0) is 53.2 Å². The van der Waals surface area contributed by atoms with Gasteiger partial charge in [0.25, 0.3) is 0 Å². The summed E-state index contributed by atoms with van der Waals surface area (Å²) in [5.74, 6) is 0.622. The molecule has 0 saturated carbocycles. The van der Waals surface area contributed by atoms with Crippen molar-refractivity contribution in [2.24, 2.45) is 0 Å². The molecule has 0 saturated heterocycles. The molecular weight excluding hydrogens is 333 g/mol. The van der Waals surface area contributed by atoms with E-state index < -0.39 is 17.2 Å². The van der Waals surface area contributed by atoms with Crippen LogP contribution in [0.3, 0.4) is 0 Å². The minimum atomic E-state index is -4.52. The maximum absolute atomic E-state index is 12.9. The van der Waals surface area contributed by atoms with E-state index in [-0.39, 0.29) is 16.4 Å². The molecule has 0 fully saturated rings. The van der Waals surface area contributed by atoms with Gasteiger partial charge in [-0.2, -0.15) is 13.2 Å². The summed E-state index contributed by atoms with van der Waals surface area (Å²) in [6.45, 7) is 0. The Morgan fingerprint density at radius 1 is 0.880 bits per heavy atom. The van der Waals surface area contributed by atoms with Crippen molar-refractivity contribution in [3.8, 4) is 5.75 Å². The fourth-order valence-electron chi connectivity index (χ4n) is 2.88. The molecular formula is C19H11F3O3. The van der Waals surface area contributed by atoms with Gasteiger partial charge in [-0.1, -0.05) is 6.07 Å². The molecule has 0 radical (unpaired) electrons. The van der Waals surface area contributed by atoms with E-state index in [4.69, 9.17) is 9.15 Å². The predicted octanol–water partition coefficient (Wildman–Crippen LogP) is 5.13. The first kappa shape index (κ1) is 15.5. The van der Waals surface area contributed by atoms with Gasteiger partial charge in [0.15, 0.2) is 0 Å². The van der Waals surface area contributed by atoms with Gasteiger partial charge in [0.05, 0.1) is 23.4 Å². The average Bonchev–Trinajstić information content (AvgIpc) is 2.59. The quantitative estimate of drug-likeness (QED) is 0.450. The van der Waals surface area contributed by atoms with Crippen molar-refractivity contribution in [1.82, 2.24) is 0 Å². The average molecular weight is 344 g/mol. The van der Waals surface area contributed by atoms with Crippen LogP contribution in [0.1, 0.15) is 5.56 Å². The summed E-state index contributed by atoms with van der Waals surface area (Å²) in [7, 11) is 1.53. The molecule has 0 N–H and O–H groups in total. The summed E-state index contributed by atoms with van der Waals surface area (Å²) in [4.78, 5) is 12.7. The Labute approximate surface area is 139 Å². The molecule has 0 bridgehead atoms. The van der Waals surface area contributed by atoms with E-state index in [0.717, 1.165) is 22.9 Å². The van der Waals surface area contributed by atoms with Crippen molar-refractivity contribution in [3.63, 3.8) is 0 Å². The third kappa shape index (κ3) is 2.50. The van der Waals surface area contributed by atoms with E-state index in [1.54, 1.807) is 24.3 Å². The lowest BCUT2D eigenvalue weighted by Crippen LogP contribution is -2.08. The van der Waals surface area contributed by atoms with Crippen LogP contribution in [0.5, 0.6) is 5.75 Å². The van der Waals surface area contributed by atoms with Gasteiger partial charge in [0.2, 0.25) is 5.43 Å². The van der Waals surface area contributed by atoms with Gasteiger partial charge < -0.3 is 9.15 Å². The maximum atomic E-state index is 12.9. The molecule has 0 atom stereocenters. The normalized spacial score (nSPS) is 12.2. The van der Waals surface area contributed by atoms with Crippen LogP contribution >= 0.6 is 0 Å². The number of halogens is 3. The Morgan fingerprint density at radius 2 is 1.64 bits per heavy atom. The second-order valence-corrected chi connectivity index (χ2v) is 5.70. The molecule has 1 aromatic heterocycles. The lowest BCUT2D eigenvalue weighted by molar-refractivity contribution is -0.137. The number of hydrogen-bond donors (Lipinski definition) is 0. The lowest BCUT2D eigenvalue weighted by atomic mass is 10.0. The predicted molar refractivity (Wildman–Crippen MR) is 89.1 cm³/mol. The van der Waals surface area contributed by atoms with Crippen LogP contribution in [-0.2, 0) is 6.18 Å². The SMILES string of the molecule is COc1ccc2cc3oc4ccc(C(F)(F)F)cc4c(=O)c3cc2c1. The number of alkyl halides is 3. The van der Waals surface area contributed by atoms with Crippen LogP contribution in [0.4, 0.5) is 13.2 Å². The van der Waals surface area contributed by atoms with Gasteiger partial charge in [0, 0.05) is 0 Å². The summed E-state index contributed by atoms with van der Waals surface area (Å²) >= 11 is 0. The smallest absolute Gasteiger partial charge is 0.416 e. The van der Waals surface area contributed by atoms with Crippen molar-refractivity contribution in [1.29, 1.82) is 0 Å². The minimum absolute atomic E-state index is 0.0930. The number of methoxy groups -OCH3 is 1. The second-order valence-electron chi connectivity index (χ2n) is 5.70. The number of benzene rings is 3. The number of hydrogen-bond acceptors (Lipinski definition) is 3. The third-order valence-corrected chi connectivity index (χ3v) is 4.16. The molecule has 0 unspecified atom stereocenters. The van der Waals surface area contributed by atoms with Crippen LogP contribution < -0.4 is 10.2 Å². The molecule has 4 rings (SSSR count). The van der Waals surface area contributed by atoms with E-state index in [1.165, 1.54) is 13.2 Å². The van der Waals surface area contributed by atoms with Crippen molar-refractivity contribution < 1.29 is 22.3 Å². The lowest BCUT2D eigenvalue weighted by Gasteiger charge is -2.08. The van der Waals surface area contributed by atoms with Crippen LogP contribution in [0.15, 0.2) is 57.7 Å². The van der Waals surface area contributed by atoms with Gasteiger partial charge in [-0.15, -0.1) is 0 Å². The van der Waals surface area contributed by atoms with Crippen molar-refractivity contribution >= 4 is 32.7 Å². The highest BCUT2D eigenvalue weighted by molar-refractivity contribution is 5.99. The van der Waals surface area contributed by atoms with Gasteiger partial charge >= 0.3 is 6.18 Å². The fraction of sp³-hybridized carbons (Fsp3) is 0.105. The molecule has 3 nitrogen and oxygen atoms in total. The van der Waals surface area contributed by atoms with Crippen molar-refractivity contribution in [2.75, 3.05) is 7.11 Å². The number of fused-ring (bicyclic) bond motifs is 3. The van der Waals surface area contributed by atoms with Gasteiger partial charge in [-0.3, -0.25) is 4.79 Å². The van der Waals surface area contributed by atoms with Gasteiger partial charge in [-0.25, -0.2) is 0 Å². The van der Waals surface area contributed by atoms with E-state index in [2.05, 4.69) is 0 Å². The Kier molecular flexibility index (Phi) is 3.25. The second kappa shape index (κ2) is 5.24. The summed E-state index contributed by atoms with van der Waals surface area (Å²) in [6, 6.07) is 11.6. The molecule has 0 aliphatic rings. The van der Waals surface area contributed by atoms with E-state index in [0.29, 0.717) is 11.3 Å². The highest BCUT2D eigenvalue weighted by atomic mass is 19.4.